The first-order valence-electron chi connectivity index (χ1n) is 9.57. The molecule has 2 aliphatic rings. The van der Waals surface area contributed by atoms with Crippen molar-refractivity contribution in [2.24, 2.45) is 0 Å². The van der Waals surface area contributed by atoms with E-state index in [4.69, 9.17) is 17.3 Å². The molecule has 2 fully saturated rings. The van der Waals surface area contributed by atoms with Crippen LogP contribution in [0.3, 0.4) is 0 Å². The van der Waals surface area contributed by atoms with E-state index in [2.05, 4.69) is 16.4 Å². The molecule has 1 aliphatic heterocycles. The molecule has 27 heavy (non-hydrogen) atoms. The molecule has 0 unspecified atom stereocenters. The third kappa shape index (κ3) is 3.74. The number of non-ortho nitro benzene ring substituents is 1. The first-order valence-corrected chi connectivity index (χ1v) is 9.98. The zero-order valence-electron chi connectivity index (χ0n) is 15.5. The molecule has 0 atom stereocenters. The summed E-state index contributed by atoms with van der Waals surface area (Å²) in [6.45, 7) is 7.65. The molecule has 2 aromatic rings. The third-order valence-corrected chi connectivity index (χ3v) is 5.91. The Labute approximate surface area is 163 Å². The number of quaternary nitrogens is 1. The Hall–Kier alpha value is -2.26. The number of nitrogens with zero attached hydrogens (tertiary/aromatic N) is 5. The largest absolute Gasteiger partial charge is 0.360 e. The number of aromatic nitrogens is 3. The van der Waals surface area contributed by atoms with Gasteiger partial charge in [-0.25, -0.2) is 0 Å². The first kappa shape index (κ1) is 18.1. The van der Waals surface area contributed by atoms with Crippen molar-refractivity contribution >= 4 is 23.6 Å². The van der Waals surface area contributed by atoms with Crippen molar-refractivity contribution in [2.75, 3.05) is 31.1 Å². The molecule has 1 aliphatic carbocycles. The summed E-state index contributed by atoms with van der Waals surface area (Å²) in [6, 6.07) is 6.82. The average Bonchev–Trinajstić information content (AvgIpc) is 3.48. The molecule has 2 heterocycles. The smallest absolute Gasteiger partial charge is 0.269 e. The summed E-state index contributed by atoms with van der Waals surface area (Å²) in [4.78, 5) is 14.2. The van der Waals surface area contributed by atoms with E-state index in [0.29, 0.717) is 5.92 Å². The van der Waals surface area contributed by atoms with Gasteiger partial charge < -0.3 is 14.4 Å². The van der Waals surface area contributed by atoms with E-state index in [0.717, 1.165) is 55.7 Å². The number of rotatable bonds is 6. The van der Waals surface area contributed by atoms with E-state index in [-0.39, 0.29) is 10.6 Å². The van der Waals surface area contributed by atoms with Crippen LogP contribution in [-0.2, 0) is 13.2 Å². The van der Waals surface area contributed by atoms with Crippen LogP contribution < -0.4 is 9.80 Å². The molecule has 0 spiro atoms. The molecular weight excluding hydrogens is 364 g/mol. The molecule has 4 rings (SSSR count). The number of anilines is 1. The summed E-state index contributed by atoms with van der Waals surface area (Å²) in [5.41, 5.74) is 1.18. The predicted octanol–water partition coefficient (Wildman–Crippen LogP) is 1.58. The zero-order valence-corrected chi connectivity index (χ0v) is 16.3. The highest BCUT2D eigenvalue weighted by molar-refractivity contribution is 7.71. The molecule has 1 aromatic heterocycles. The lowest BCUT2D eigenvalue weighted by atomic mass is 10.2. The molecule has 0 amide bonds. The van der Waals surface area contributed by atoms with Gasteiger partial charge in [-0.1, -0.05) is 0 Å². The predicted molar refractivity (Wildman–Crippen MR) is 105 cm³/mol. The summed E-state index contributed by atoms with van der Waals surface area (Å²) in [5, 5.41) is 15.6. The number of benzene rings is 1. The fourth-order valence-corrected chi connectivity index (χ4v) is 4.07. The summed E-state index contributed by atoms with van der Waals surface area (Å²) < 4.78 is 5.02. The van der Waals surface area contributed by atoms with Gasteiger partial charge in [-0.05, 0) is 44.1 Å². The van der Waals surface area contributed by atoms with Crippen molar-refractivity contribution in [3.05, 3.63) is 45.0 Å². The summed E-state index contributed by atoms with van der Waals surface area (Å²) >= 11 is 5.65. The number of hydrogen-bond donors (Lipinski definition) is 1. The maximum Gasteiger partial charge on any atom is 0.269 e. The van der Waals surface area contributed by atoms with Crippen molar-refractivity contribution in [1.29, 1.82) is 0 Å². The highest BCUT2D eigenvalue weighted by Crippen LogP contribution is 2.39. The van der Waals surface area contributed by atoms with Crippen LogP contribution in [0.15, 0.2) is 24.3 Å². The zero-order chi connectivity index (χ0) is 19.0. The lowest BCUT2D eigenvalue weighted by Crippen LogP contribution is -3.14. The van der Waals surface area contributed by atoms with E-state index in [1.807, 2.05) is 16.8 Å². The van der Waals surface area contributed by atoms with Gasteiger partial charge >= 0.3 is 0 Å². The molecule has 0 bridgehead atoms. The number of nitrogens with one attached hydrogen (secondary N) is 1. The van der Waals surface area contributed by atoms with Crippen LogP contribution in [-0.4, -0.2) is 45.4 Å². The van der Waals surface area contributed by atoms with Gasteiger partial charge in [0.05, 0.1) is 31.1 Å². The van der Waals surface area contributed by atoms with Crippen molar-refractivity contribution in [1.82, 2.24) is 14.3 Å². The molecule has 9 heteroatoms. The quantitative estimate of drug-likeness (QED) is 0.461. The number of nitro groups is 1. The Balaban J connectivity index is 1.38. The Morgan fingerprint density at radius 3 is 2.48 bits per heavy atom. The summed E-state index contributed by atoms with van der Waals surface area (Å²) in [5.74, 6) is 1.76. The third-order valence-electron chi connectivity index (χ3n) is 5.48. The van der Waals surface area contributed by atoms with E-state index >= 15 is 0 Å². The van der Waals surface area contributed by atoms with Crippen molar-refractivity contribution in [3.8, 4) is 0 Å². The normalized spacial score (nSPS) is 18.0. The minimum atomic E-state index is -0.360. The lowest BCUT2D eigenvalue weighted by molar-refractivity contribution is -0.924. The van der Waals surface area contributed by atoms with E-state index < -0.39 is 0 Å². The van der Waals surface area contributed by atoms with Crippen LogP contribution in [0.4, 0.5) is 11.4 Å². The fourth-order valence-electron chi connectivity index (χ4n) is 3.74. The van der Waals surface area contributed by atoms with Crippen LogP contribution in [0.1, 0.15) is 31.5 Å². The molecule has 0 radical (unpaired) electrons. The maximum atomic E-state index is 10.8. The van der Waals surface area contributed by atoms with E-state index in [1.54, 1.807) is 12.1 Å². The second kappa shape index (κ2) is 7.40. The van der Waals surface area contributed by atoms with Crippen LogP contribution in [0, 0.1) is 14.9 Å². The summed E-state index contributed by atoms with van der Waals surface area (Å²) in [7, 11) is 0. The van der Waals surface area contributed by atoms with Crippen LogP contribution in [0.25, 0.3) is 0 Å². The highest BCUT2D eigenvalue weighted by Gasteiger charge is 2.30. The Bertz CT molecular complexity index is 878. The van der Waals surface area contributed by atoms with E-state index in [9.17, 15) is 10.1 Å². The van der Waals surface area contributed by atoms with Crippen molar-refractivity contribution < 1.29 is 9.82 Å². The number of piperazine rings is 1. The van der Waals surface area contributed by atoms with E-state index in [1.165, 1.54) is 17.7 Å². The van der Waals surface area contributed by atoms with Gasteiger partial charge in [-0.15, -0.1) is 0 Å². The monoisotopic (exact) mass is 389 g/mol. The average molecular weight is 390 g/mol. The molecular formula is C18H25N6O2S+. The lowest BCUT2D eigenvalue weighted by Gasteiger charge is -2.33. The van der Waals surface area contributed by atoms with Gasteiger partial charge in [0, 0.05) is 30.3 Å². The number of nitro benzene ring substituents is 1. The van der Waals surface area contributed by atoms with Crippen LogP contribution in [0.5, 0.6) is 0 Å². The molecule has 1 saturated heterocycles. The van der Waals surface area contributed by atoms with Crippen LogP contribution in [0.2, 0.25) is 0 Å². The van der Waals surface area contributed by atoms with Crippen molar-refractivity contribution in [3.63, 3.8) is 0 Å². The van der Waals surface area contributed by atoms with Gasteiger partial charge in [0.1, 0.15) is 5.82 Å². The van der Waals surface area contributed by atoms with Gasteiger partial charge in [-0.2, -0.15) is 9.78 Å². The highest BCUT2D eigenvalue weighted by atomic mass is 32.1. The molecule has 1 aromatic carbocycles. The van der Waals surface area contributed by atoms with Crippen molar-refractivity contribution in [2.45, 2.75) is 38.9 Å². The van der Waals surface area contributed by atoms with Gasteiger partial charge in [0.25, 0.3) is 5.69 Å². The Kier molecular flexibility index (Phi) is 4.96. The molecule has 144 valence electrons. The Morgan fingerprint density at radius 2 is 1.93 bits per heavy atom. The maximum absolute atomic E-state index is 10.8. The first-order chi connectivity index (χ1) is 13.1. The molecule has 8 nitrogen and oxygen atoms in total. The standard InChI is InChI=1S/C18H24N6O2S/c1-2-22-17(14-3-4-14)19-23(18(22)27)13-20-9-11-21(12-10-20)15-5-7-16(8-6-15)24(25)26/h5-8,14H,2-4,9-13H2,1H3/p+1. The SMILES string of the molecule is CCn1c(C2CC2)nn(C[NH+]2CCN(c3ccc([N+](=O)[O-])cc3)CC2)c1=S. The van der Waals surface area contributed by atoms with Gasteiger partial charge in [-0.3, -0.25) is 10.1 Å². The van der Waals surface area contributed by atoms with Gasteiger partial charge in [0.15, 0.2) is 6.67 Å². The fraction of sp³-hybridized carbons (Fsp3) is 0.556. The second-order valence-electron chi connectivity index (χ2n) is 7.33. The minimum absolute atomic E-state index is 0.135. The van der Waals surface area contributed by atoms with Crippen LogP contribution >= 0.6 is 12.2 Å². The molecule has 1 saturated carbocycles. The second-order valence-corrected chi connectivity index (χ2v) is 7.69. The number of hydrogen-bond acceptors (Lipinski definition) is 5. The van der Waals surface area contributed by atoms with Gasteiger partial charge in [0.2, 0.25) is 4.77 Å². The summed E-state index contributed by atoms with van der Waals surface area (Å²) in [6.07, 6.45) is 2.46. The molecule has 1 N–H and O–H groups in total. The minimum Gasteiger partial charge on any atom is -0.360 e. The Morgan fingerprint density at radius 1 is 1.26 bits per heavy atom. The topological polar surface area (TPSA) is 73.6 Å².